The molecule has 0 unspecified atom stereocenters. The molecule has 26 heavy (non-hydrogen) atoms. The van der Waals surface area contributed by atoms with Crippen LogP contribution in [0.15, 0.2) is 39.9 Å². The van der Waals surface area contributed by atoms with Crippen LogP contribution in [-0.4, -0.2) is 36.3 Å². The summed E-state index contributed by atoms with van der Waals surface area (Å²) in [6.45, 7) is 0. The Balaban J connectivity index is 1.77. The first-order chi connectivity index (χ1) is 12.5. The molecule has 3 N–H and O–H groups in total. The van der Waals surface area contributed by atoms with Crippen LogP contribution in [0.3, 0.4) is 0 Å². The van der Waals surface area contributed by atoms with Gasteiger partial charge in [0.05, 0.1) is 35.9 Å². The molecule has 0 fully saturated rings. The highest BCUT2D eigenvalue weighted by Crippen LogP contribution is 2.36. The molecule has 0 spiro atoms. The van der Waals surface area contributed by atoms with Crippen molar-refractivity contribution in [2.45, 2.75) is 0 Å². The normalized spacial score (nSPS) is 11.0. The van der Waals surface area contributed by atoms with Crippen LogP contribution in [-0.2, 0) is 0 Å². The summed E-state index contributed by atoms with van der Waals surface area (Å²) >= 11 is 8.49. The second kappa shape index (κ2) is 7.71. The van der Waals surface area contributed by atoms with E-state index in [-0.39, 0.29) is 5.91 Å². The molecule has 7 nitrogen and oxygen atoms in total. The summed E-state index contributed by atoms with van der Waals surface area (Å²) in [4.78, 5) is 18.2. The van der Waals surface area contributed by atoms with Gasteiger partial charge in [0.25, 0.3) is 5.91 Å². The van der Waals surface area contributed by atoms with Gasteiger partial charge in [-0.1, -0.05) is 0 Å². The number of fused-ring (bicyclic) bond motifs is 1. The highest BCUT2D eigenvalue weighted by atomic mass is 79.9. The lowest BCUT2D eigenvalue weighted by Gasteiger charge is -2.10. The molecule has 0 radical (unpaired) electrons. The molecule has 3 aromatic rings. The lowest BCUT2D eigenvalue weighted by Crippen LogP contribution is -2.17. The van der Waals surface area contributed by atoms with E-state index in [4.69, 9.17) is 21.7 Å². The number of aromatic nitrogens is 2. The van der Waals surface area contributed by atoms with Crippen molar-refractivity contribution in [1.82, 2.24) is 15.4 Å². The third-order valence-corrected chi connectivity index (χ3v) is 4.68. The number of nitrogens with one attached hydrogen (secondary N) is 3. The van der Waals surface area contributed by atoms with E-state index >= 15 is 0 Å². The maximum Gasteiger partial charge on any atom is 0.271 e. The van der Waals surface area contributed by atoms with E-state index in [1.165, 1.54) is 6.21 Å². The van der Waals surface area contributed by atoms with Gasteiger partial charge in [-0.25, -0.2) is 5.43 Å². The van der Waals surface area contributed by atoms with Crippen LogP contribution in [0.25, 0.3) is 11.0 Å². The number of rotatable bonds is 5. The third-order valence-electron chi connectivity index (χ3n) is 3.66. The molecular formula is C17H15BrN4O3S. The fourth-order valence-corrected chi connectivity index (χ4v) is 3.21. The monoisotopic (exact) mass is 434 g/mol. The smallest absolute Gasteiger partial charge is 0.271 e. The van der Waals surface area contributed by atoms with E-state index in [1.54, 1.807) is 44.6 Å². The standard InChI is InChI=1S/C17H15BrN4O3S/c1-24-13-6-4-10(14(18)15(13)25-2)8-19-22-16(23)9-3-5-11-12(7-9)21-17(26)20-11/h3-8H,1-2H3,(H,22,23)(H2,20,21,26)/b19-8-. The van der Waals surface area contributed by atoms with Crippen molar-refractivity contribution < 1.29 is 14.3 Å². The summed E-state index contributed by atoms with van der Waals surface area (Å²) in [6.07, 6.45) is 1.52. The number of amides is 1. The van der Waals surface area contributed by atoms with Crippen molar-refractivity contribution >= 4 is 51.3 Å². The predicted molar refractivity (Wildman–Crippen MR) is 106 cm³/mol. The van der Waals surface area contributed by atoms with Crippen molar-refractivity contribution in [3.05, 3.63) is 50.7 Å². The van der Waals surface area contributed by atoms with Crippen molar-refractivity contribution in [2.75, 3.05) is 14.2 Å². The zero-order valence-electron chi connectivity index (χ0n) is 13.9. The molecule has 1 amide bonds. The maximum absolute atomic E-state index is 12.3. The Bertz CT molecular complexity index is 1060. The molecule has 134 valence electrons. The quantitative estimate of drug-likeness (QED) is 0.323. The predicted octanol–water partition coefficient (Wildman–Crippen LogP) is 3.77. The number of halogens is 1. The van der Waals surface area contributed by atoms with Crippen LogP contribution in [0.1, 0.15) is 15.9 Å². The summed E-state index contributed by atoms with van der Waals surface area (Å²) in [5.41, 5.74) is 5.29. The number of methoxy groups -OCH3 is 2. The SMILES string of the molecule is COc1ccc(/C=N\NC(=O)c2ccc3[nH]c(=S)[nH]c3c2)c(Br)c1OC. The van der Waals surface area contributed by atoms with Crippen molar-refractivity contribution in [1.29, 1.82) is 0 Å². The van der Waals surface area contributed by atoms with Gasteiger partial charge in [-0.2, -0.15) is 5.10 Å². The summed E-state index contributed by atoms with van der Waals surface area (Å²) in [5.74, 6) is 0.814. The van der Waals surface area contributed by atoms with E-state index in [1.807, 2.05) is 0 Å². The molecule has 0 atom stereocenters. The summed E-state index contributed by atoms with van der Waals surface area (Å²) in [5, 5.41) is 4.01. The lowest BCUT2D eigenvalue weighted by atomic mass is 10.2. The van der Waals surface area contributed by atoms with Gasteiger partial charge in [-0.15, -0.1) is 0 Å². The number of hydrazone groups is 1. The molecule has 0 aliphatic rings. The number of H-pyrrole nitrogens is 2. The first-order valence-electron chi connectivity index (χ1n) is 7.49. The van der Waals surface area contributed by atoms with Crippen molar-refractivity contribution in [3.63, 3.8) is 0 Å². The van der Waals surface area contributed by atoms with Crippen molar-refractivity contribution in [3.8, 4) is 11.5 Å². The van der Waals surface area contributed by atoms with E-state index in [0.717, 1.165) is 16.6 Å². The molecule has 2 aromatic carbocycles. The number of carbonyl (C=O) groups is 1. The fraction of sp³-hybridized carbons (Fsp3) is 0.118. The first-order valence-corrected chi connectivity index (χ1v) is 8.69. The van der Waals surface area contributed by atoms with Crippen LogP contribution in [0, 0.1) is 4.77 Å². The molecule has 3 rings (SSSR count). The third kappa shape index (κ3) is 3.63. The van der Waals surface area contributed by atoms with Gasteiger partial charge in [0.2, 0.25) is 0 Å². The molecule has 0 aliphatic heterocycles. The topological polar surface area (TPSA) is 91.5 Å². The van der Waals surface area contributed by atoms with E-state index in [2.05, 4.69) is 36.4 Å². The number of ether oxygens (including phenoxy) is 2. The number of hydrogen-bond acceptors (Lipinski definition) is 5. The largest absolute Gasteiger partial charge is 0.493 e. The Morgan fingerprint density at radius 2 is 1.96 bits per heavy atom. The zero-order chi connectivity index (χ0) is 18.7. The minimum absolute atomic E-state index is 0.333. The second-order valence-electron chi connectivity index (χ2n) is 5.24. The van der Waals surface area contributed by atoms with Gasteiger partial charge in [-0.3, -0.25) is 4.79 Å². The van der Waals surface area contributed by atoms with Gasteiger partial charge in [0, 0.05) is 11.1 Å². The van der Waals surface area contributed by atoms with Gasteiger partial charge in [-0.05, 0) is 58.5 Å². The van der Waals surface area contributed by atoms with Crippen LogP contribution < -0.4 is 14.9 Å². The summed E-state index contributed by atoms with van der Waals surface area (Å²) < 4.78 is 11.7. The van der Waals surface area contributed by atoms with Gasteiger partial charge >= 0.3 is 0 Å². The molecule has 0 bridgehead atoms. The highest BCUT2D eigenvalue weighted by molar-refractivity contribution is 9.10. The van der Waals surface area contributed by atoms with Crippen LogP contribution >= 0.6 is 28.1 Å². The first kappa shape index (κ1) is 18.2. The average Bonchev–Trinajstić information content (AvgIpc) is 3.01. The summed E-state index contributed by atoms with van der Waals surface area (Å²) in [7, 11) is 3.11. The Kier molecular flexibility index (Phi) is 5.38. The molecule has 0 saturated carbocycles. The minimum atomic E-state index is -0.333. The number of aromatic amines is 2. The van der Waals surface area contributed by atoms with Crippen LogP contribution in [0.2, 0.25) is 0 Å². The number of carbonyl (C=O) groups excluding carboxylic acids is 1. The Labute approximate surface area is 162 Å². The molecular weight excluding hydrogens is 420 g/mol. The molecule has 1 heterocycles. The number of nitrogens with zero attached hydrogens (tertiary/aromatic N) is 1. The van der Waals surface area contributed by atoms with Gasteiger partial charge < -0.3 is 19.4 Å². The van der Waals surface area contributed by atoms with Gasteiger partial charge in [0.15, 0.2) is 16.3 Å². The van der Waals surface area contributed by atoms with E-state index in [9.17, 15) is 4.79 Å². The highest BCUT2D eigenvalue weighted by Gasteiger charge is 2.12. The van der Waals surface area contributed by atoms with E-state index < -0.39 is 0 Å². The van der Waals surface area contributed by atoms with Crippen LogP contribution in [0.5, 0.6) is 11.5 Å². The Hall–Kier alpha value is -2.65. The van der Waals surface area contributed by atoms with Crippen LogP contribution in [0.4, 0.5) is 0 Å². The lowest BCUT2D eigenvalue weighted by molar-refractivity contribution is 0.0955. The Morgan fingerprint density at radius 3 is 2.69 bits per heavy atom. The molecule has 0 saturated heterocycles. The number of benzene rings is 2. The van der Waals surface area contributed by atoms with Gasteiger partial charge in [0.1, 0.15) is 0 Å². The molecule has 9 heteroatoms. The molecule has 0 aliphatic carbocycles. The summed E-state index contributed by atoms with van der Waals surface area (Å²) in [6, 6.07) is 8.74. The minimum Gasteiger partial charge on any atom is -0.493 e. The zero-order valence-corrected chi connectivity index (χ0v) is 16.3. The number of hydrogen-bond donors (Lipinski definition) is 3. The van der Waals surface area contributed by atoms with E-state index in [0.29, 0.717) is 26.3 Å². The Morgan fingerprint density at radius 1 is 1.19 bits per heavy atom. The van der Waals surface area contributed by atoms with Crippen molar-refractivity contribution in [2.24, 2.45) is 5.10 Å². The second-order valence-corrected chi connectivity index (χ2v) is 6.44. The number of imidazole rings is 1. The maximum atomic E-state index is 12.3. The molecule has 1 aromatic heterocycles. The fourth-order valence-electron chi connectivity index (χ4n) is 2.40. The average molecular weight is 435 g/mol.